The summed E-state index contributed by atoms with van der Waals surface area (Å²) < 4.78 is 39.1. The van der Waals surface area contributed by atoms with Crippen LogP contribution in [0.5, 0.6) is 0 Å². The molecule has 6 heteroatoms. The Morgan fingerprint density at radius 3 is 2.33 bits per heavy atom. The predicted molar refractivity (Wildman–Crippen MR) is 87.5 cm³/mol. The van der Waals surface area contributed by atoms with Gasteiger partial charge in [-0.1, -0.05) is 25.5 Å². The number of rotatable bonds is 6. The summed E-state index contributed by atoms with van der Waals surface area (Å²) in [4.78, 5) is 12.5. The lowest BCUT2D eigenvalue weighted by molar-refractivity contribution is -0.137. The van der Waals surface area contributed by atoms with Crippen molar-refractivity contribution in [2.45, 2.75) is 57.8 Å². The van der Waals surface area contributed by atoms with Gasteiger partial charge in [0.1, 0.15) is 0 Å². The molecule has 24 heavy (non-hydrogen) atoms. The molecule has 0 bridgehead atoms. The van der Waals surface area contributed by atoms with E-state index < -0.39 is 17.3 Å². The van der Waals surface area contributed by atoms with Gasteiger partial charge in [-0.25, -0.2) is 0 Å². The summed E-state index contributed by atoms with van der Waals surface area (Å²) in [5, 5.41) is 5.97. The Morgan fingerprint density at radius 2 is 1.88 bits per heavy atom. The lowest BCUT2D eigenvalue weighted by Gasteiger charge is -2.24. The topological polar surface area (TPSA) is 41.1 Å². The van der Waals surface area contributed by atoms with Crippen LogP contribution in [-0.2, 0) is 16.5 Å². The van der Waals surface area contributed by atoms with Gasteiger partial charge in [0.25, 0.3) is 0 Å². The van der Waals surface area contributed by atoms with Gasteiger partial charge in [-0.05, 0) is 56.8 Å². The average Bonchev–Trinajstić information content (AvgIpc) is 3.23. The number of nitrogens with one attached hydrogen (secondary N) is 2. The zero-order valence-corrected chi connectivity index (χ0v) is 14.6. The molecule has 1 saturated carbocycles. The highest BCUT2D eigenvalue weighted by atomic mass is 19.4. The molecule has 1 atom stereocenters. The normalized spacial score (nSPS) is 17.7. The Balaban J connectivity index is 2.22. The van der Waals surface area contributed by atoms with E-state index in [0.29, 0.717) is 36.3 Å². The second-order valence-corrected chi connectivity index (χ2v) is 7.13. The molecule has 1 aromatic rings. The van der Waals surface area contributed by atoms with Gasteiger partial charge in [-0.15, -0.1) is 0 Å². The van der Waals surface area contributed by atoms with Crippen LogP contribution in [-0.4, -0.2) is 19.0 Å². The second kappa shape index (κ2) is 6.75. The lowest BCUT2D eigenvalue weighted by atomic mass is 9.97. The van der Waals surface area contributed by atoms with Crippen LogP contribution in [0.2, 0.25) is 0 Å². The van der Waals surface area contributed by atoms with Crippen LogP contribution in [0.1, 0.15) is 49.8 Å². The summed E-state index contributed by atoms with van der Waals surface area (Å²) in [5.74, 6) is 0.193. The van der Waals surface area contributed by atoms with Crippen molar-refractivity contribution in [2.24, 2.45) is 5.92 Å². The van der Waals surface area contributed by atoms with Crippen molar-refractivity contribution in [3.05, 3.63) is 34.9 Å². The summed E-state index contributed by atoms with van der Waals surface area (Å²) in [6.45, 7) is 5.70. The number of hydrogen-bond donors (Lipinski definition) is 2. The SMILES string of the molecule is CN[C@H](CC(C)C)C(=O)NC1(c2cc(C)cc(C(F)(F)F)c2)CC1. The fourth-order valence-electron chi connectivity index (χ4n) is 2.98. The van der Waals surface area contributed by atoms with E-state index in [9.17, 15) is 18.0 Å². The first kappa shape index (κ1) is 18.8. The van der Waals surface area contributed by atoms with Crippen molar-refractivity contribution >= 4 is 5.91 Å². The van der Waals surface area contributed by atoms with Crippen LogP contribution < -0.4 is 10.6 Å². The molecule has 1 aliphatic carbocycles. The van der Waals surface area contributed by atoms with E-state index in [1.54, 1.807) is 20.0 Å². The zero-order chi connectivity index (χ0) is 18.1. The molecule has 0 saturated heterocycles. The Bertz CT molecular complexity index is 607. The molecule has 1 fully saturated rings. The minimum Gasteiger partial charge on any atom is -0.345 e. The first-order valence-electron chi connectivity index (χ1n) is 8.26. The highest BCUT2D eigenvalue weighted by Crippen LogP contribution is 2.47. The number of hydrogen-bond acceptors (Lipinski definition) is 2. The van der Waals surface area contributed by atoms with E-state index in [0.717, 1.165) is 12.1 Å². The number of aryl methyl sites for hydroxylation is 1. The summed E-state index contributed by atoms with van der Waals surface area (Å²) in [7, 11) is 1.72. The van der Waals surface area contributed by atoms with E-state index in [4.69, 9.17) is 0 Å². The van der Waals surface area contributed by atoms with Crippen molar-refractivity contribution in [1.82, 2.24) is 10.6 Å². The number of amides is 1. The molecule has 2 N–H and O–H groups in total. The molecule has 1 aromatic carbocycles. The third-order valence-electron chi connectivity index (χ3n) is 4.44. The van der Waals surface area contributed by atoms with Gasteiger partial charge in [0.05, 0.1) is 17.1 Å². The van der Waals surface area contributed by atoms with Crippen LogP contribution in [0, 0.1) is 12.8 Å². The van der Waals surface area contributed by atoms with Crippen LogP contribution in [0.25, 0.3) is 0 Å². The van der Waals surface area contributed by atoms with Gasteiger partial charge in [-0.3, -0.25) is 4.79 Å². The molecule has 0 aliphatic heterocycles. The van der Waals surface area contributed by atoms with Gasteiger partial charge in [0, 0.05) is 0 Å². The van der Waals surface area contributed by atoms with Gasteiger partial charge in [-0.2, -0.15) is 13.2 Å². The Hall–Kier alpha value is -1.56. The quantitative estimate of drug-likeness (QED) is 0.827. The molecule has 134 valence electrons. The summed E-state index contributed by atoms with van der Waals surface area (Å²) in [6, 6.07) is 3.70. The Morgan fingerprint density at radius 1 is 1.25 bits per heavy atom. The highest BCUT2D eigenvalue weighted by molar-refractivity contribution is 5.83. The molecule has 1 amide bonds. The molecule has 0 radical (unpaired) electrons. The van der Waals surface area contributed by atoms with Crippen LogP contribution >= 0.6 is 0 Å². The zero-order valence-electron chi connectivity index (χ0n) is 14.6. The summed E-state index contributed by atoms with van der Waals surface area (Å²) in [6.07, 6.45) is -2.37. The molecule has 3 nitrogen and oxygen atoms in total. The first-order chi connectivity index (χ1) is 11.1. The first-order valence-corrected chi connectivity index (χ1v) is 8.26. The number of halogens is 3. The minimum absolute atomic E-state index is 0.154. The molecular weight excluding hydrogens is 317 g/mol. The Kier molecular flexibility index (Phi) is 5.28. The lowest BCUT2D eigenvalue weighted by Crippen LogP contribution is -2.47. The van der Waals surface area contributed by atoms with Crippen LogP contribution in [0.3, 0.4) is 0 Å². The maximum atomic E-state index is 13.0. The summed E-state index contributed by atoms with van der Waals surface area (Å²) in [5.41, 5.74) is -0.226. The number of benzene rings is 1. The van der Waals surface area contributed by atoms with E-state index in [2.05, 4.69) is 10.6 Å². The maximum Gasteiger partial charge on any atom is 0.416 e. The highest BCUT2D eigenvalue weighted by Gasteiger charge is 2.47. The standard InChI is InChI=1S/C18H25F3N2O/c1-11(2)7-15(22-4)16(24)23-17(5-6-17)13-8-12(3)9-14(10-13)18(19,20)21/h8-11,15,22H,5-7H2,1-4H3,(H,23,24)/t15-/m1/s1. The van der Waals surface area contributed by atoms with Crippen molar-refractivity contribution < 1.29 is 18.0 Å². The van der Waals surface area contributed by atoms with Gasteiger partial charge in [0.2, 0.25) is 5.91 Å². The van der Waals surface area contributed by atoms with Gasteiger partial charge in [0.15, 0.2) is 0 Å². The van der Waals surface area contributed by atoms with Gasteiger partial charge >= 0.3 is 6.18 Å². The number of carbonyl (C=O) groups excluding carboxylic acids is 1. The van der Waals surface area contributed by atoms with E-state index >= 15 is 0 Å². The third-order valence-corrected chi connectivity index (χ3v) is 4.44. The number of carbonyl (C=O) groups is 1. The molecule has 0 unspecified atom stereocenters. The fraction of sp³-hybridized carbons (Fsp3) is 0.611. The number of alkyl halides is 3. The minimum atomic E-state index is -4.38. The van der Waals surface area contributed by atoms with E-state index in [-0.39, 0.29) is 11.9 Å². The maximum absolute atomic E-state index is 13.0. The molecule has 0 aromatic heterocycles. The van der Waals surface area contributed by atoms with E-state index in [1.165, 1.54) is 0 Å². The van der Waals surface area contributed by atoms with Gasteiger partial charge < -0.3 is 10.6 Å². The van der Waals surface area contributed by atoms with Crippen molar-refractivity contribution in [1.29, 1.82) is 0 Å². The van der Waals surface area contributed by atoms with Crippen molar-refractivity contribution in [2.75, 3.05) is 7.05 Å². The second-order valence-electron chi connectivity index (χ2n) is 7.13. The van der Waals surface area contributed by atoms with Crippen molar-refractivity contribution in [3.63, 3.8) is 0 Å². The average molecular weight is 342 g/mol. The van der Waals surface area contributed by atoms with Crippen LogP contribution in [0.15, 0.2) is 18.2 Å². The van der Waals surface area contributed by atoms with E-state index in [1.807, 2.05) is 13.8 Å². The molecular formula is C18H25F3N2O. The fourth-order valence-corrected chi connectivity index (χ4v) is 2.98. The smallest absolute Gasteiger partial charge is 0.345 e. The largest absolute Gasteiger partial charge is 0.416 e. The molecule has 0 heterocycles. The monoisotopic (exact) mass is 342 g/mol. The Labute approximate surface area is 141 Å². The third kappa shape index (κ3) is 4.29. The predicted octanol–water partition coefficient (Wildman–Crippen LogP) is 3.75. The van der Waals surface area contributed by atoms with Crippen molar-refractivity contribution in [3.8, 4) is 0 Å². The summed E-state index contributed by atoms with van der Waals surface area (Å²) >= 11 is 0. The molecule has 0 spiro atoms. The molecule has 1 aliphatic rings. The molecule has 2 rings (SSSR count). The number of likely N-dealkylation sites (N-methyl/N-ethyl adjacent to an activating group) is 1. The van der Waals surface area contributed by atoms with Crippen LogP contribution in [0.4, 0.5) is 13.2 Å².